The number of carboxylic acid groups (broad SMARTS) is 2. The summed E-state index contributed by atoms with van der Waals surface area (Å²) in [7, 11) is 0. The quantitative estimate of drug-likeness (QED) is 0.684. The van der Waals surface area contributed by atoms with Gasteiger partial charge in [0.05, 0.1) is 0 Å². The van der Waals surface area contributed by atoms with Gasteiger partial charge in [0.15, 0.2) is 5.92 Å². The molecule has 0 aliphatic heterocycles. The van der Waals surface area contributed by atoms with E-state index in [1.807, 2.05) is 44.3 Å². The predicted octanol–water partition coefficient (Wildman–Crippen LogP) is 3.30. The number of aromatic nitrogens is 1. The molecular formula is C17H21NO4. The van der Waals surface area contributed by atoms with E-state index in [-0.39, 0.29) is 0 Å². The second-order valence-corrected chi connectivity index (χ2v) is 5.72. The third kappa shape index (κ3) is 2.71. The summed E-state index contributed by atoms with van der Waals surface area (Å²) < 4.78 is 0. The van der Waals surface area contributed by atoms with Gasteiger partial charge in [0.1, 0.15) is 0 Å². The average Bonchev–Trinajstić information content (AvgIpc) is 2.88. The van der Waals surface area contributed by atoms with Gasteiger partial charge in [-0.1, -0.05) is 32.0 Å². The molecule has 22 heavy (non-hydrogen) atoms. The fraction of sp³-hybridized carbons (Fsp3) is 0.412. The number of H-pyrrole nitrogens is 1. The SMILES string of the molecule is CCC(CC)(Cc1c[nH]c2ccccc12)C(C(=O)O)C(=O)O. The maximum atomic E-state index is 11.5. The van der Waals surface area contributed by atoms with Crippen molar-refractivity contribution in [3.8, 4) is 0 Å². The van der Waals surface area contributed by atoms with Crippen LogP contribution in [0.4, 0.5) is 0 Å². The molecule has 5 heteroatoms. The highest BCUT2D eigenvalue weighted by Gasteiger charge is 2.45. The molecule has 0 atom stereocenters. The minimum absolute atomic E-state index is 0.424. The summed E-state index contributed by atoms with van der Waals surface area (Å²) in [6.07, 6.45) is 3.26. The Kier molecular flexibility index (Phi) is 4.54. The maximum Gasteiger partial charge on any atom is 0.318 e. The third-order valence-corrected chi connectivity index (χ3v) is 4.73. The highest BCUT2D eigenvalue weighted by atomic mass is 16.4. The van der Waals surface area contributed by atoms with Crippen LogP contribution in [0.5, 0.6) is 0 Å². The van der Waals surface area contributed by atoms with Gasteiger partial charge in [0.2, 0.25) is 0 Å². The molecule has 1 aromatic heterocycles. The number of carbonyl (C=O) groups is 2. The second-order valence-electron chi connectivity index (χ2n) is 5.72. The van der Waals surface area contributed by atoms with Crippen molar-refractivity contribution in [2.24, 2.45) is 11.3 Å². The van der Waals surface area contributed by atoms with Crippen LogP contribution in [0, 0.1) is 11.3 Å². The monoisotopic (exact) mass is 303 g/mol. The first kappa shape index (κ1) is 16.1. The summed E-state index contributed by atoms with van der Waals surface area (Å²) >= 11 is 0. The lowest BCUT2D eigenvalue weighted by Crippen LogP contribution is -2.42. The summed E-state index contributed by atoms with van der Waals surface area (Å²) in [6, 6.07) is 7.76. The molecule has 0 saturated carbocycles. The first-order valence-corrected chi connectivity index (χ1v) is 7.45. The molecule has 0 amide bonds. The van der Waals surface area contributed by atoms with Crippen LogP contribution in [0.3, 0.4) is 0 Å². The minimum Gasteiger partial charge on any atom is -0.481 e. The van der Waals surface area contributed by atoms with Crippen molar-refractivity contribution in [3.05, 3.63) is 36.0 Å². The number of para-hydroxylation sites is 1. The lowest BCUT2D eigenvalue weighted by Gasteiger charge is -2.35. The number of fused-ring (bicyclic) bond motifs is 1. The molecule has 0 aliphatic carbocycles. The van der Waals surface area contributed by atoms with Crippen LogP contribution < -0.4 is 0 Å². The van der Waals surface area contributed by atoms with E-state index in [2.05, 4.69) is 4.98 Å². The van der Waals surface area contributed by atoms with Crippen molar-refractivity contribution in [3.63, 3.8) is 0 Å². The predicted molar refractivity (Wildman–Crippen MR) is 83.8 cm³/mol. The molecule has 0 unspecified atom stereocenters. The molecule has 0 bridgehead atoms. The lowest BCUT2D eigenvalue weighted by atomic mass is 9.67. The molecular weight excluding hydrogens is 282 g/mol. The number of hydrogen-bond acceptors (Lipinski definition) is 2. The van der Waals surface area contributed by atoms with Crippen LogP contribution in [0.25, 0.3) is 10.9 Å². The third-order valence-electron chi connectivity index (χ3n) is 4.73. The van der Waals surface area contributed by atoms with E-state index in [0.717, 1.165) is 16.5 Å². The van der Waals surface area contributed by atoms with Crippen molar-refractivity contribution in [2.75, 3.05) is 0 Å². The molecule has 0 saturated heterocycles. The van der Waals surface area contributed by atoms with Crippen molar-refractivity contribution < 1.29 is 19.8 Å². The first-order chi connectivity index (χ1) is 10.4. The van der Waals surface area contributed by atoms with Crippen LogP contribution in [0.15, 0.2) is 30.5 Å². The summed E-state index contributed by atoms with van der Waals surface area (Å²) in [4.78, 5) is 26.2. The van der Waals surface area contributed by atoms with E-state index in [1.165, 1.54) is 0 Å². The number of aliphatic carboxylic acids is 2. The molecule has 0 spiro atoms. The fourth-order valence-corrected chi connectivity index (χ4v) is 3.30. The van der Waals surface area contributed by atoms with E-state index in [1.54, 1.807) is 0 Å². The Balaban J connectivity index is 2.48. The average molecular weight is 303 g/mol. The first-order valence-electron chi connectivity index (χ1n) is 7.45. The summed E-state index contributed by atoms with van der Waals surface area (Å²) in [5.74, 6) is -3.94. The Morgan fingerprint density at radius 3 is 2.27 bits per heavy atom. The van der Waals surface area contributed by atoms with Gasteiger partial charge in [-0.3, -0.25) is 9.59 Å². The van der Waals surface area contributed by atoms with Crippen LogP contribution in [-0.4, -0.2) is 27.1 Å². The van der Waals surface area contributed by atoms with Gasteiger partial charge in [-0.05, 0) is 36.3 Å². The molecule has 0 radical (unpaired) electrons. The summed E-state index contributed by atoms with van der Waals surface area (Å²) in [5.41, 5.74) is 1.13. The zero-order chi connectivity index (χ0) is 16.3. The molecule has 118 valence electrons. The molecule has 2 aromatic rings. The summed E-state index contributed by atoms with van der Waals surface area (Å²) in [6.45, 7) is 3.72. The molecule has 0 fully saturated rings. The number of hydrogen-bond donors (Lipinski definition) is 3. The Morgan fingerprint density at radius 2 is 1.73 bits per heavy atom. The zero-order valence-electron chi connectivity index (χ0n) is 12.8. The highest BCUT2D eigenvalue weighted by Crippen LogP contribution is 2.40. The largest absolute Gasteiger partial charge is 0.481 e. The molecule has 1 heterocycles. The van der Waals surface area contributed by atoms with E-state index < -0.39 is 23.3 Å². The van der Waals surface area contributed by atoms with Gasteiger partial charge in [-0.2, -0.15) is 0 Å². The van der Waals surface area contributed by atoms with Crippen LogP contribution in [0.1, 0.15) is 32.3 Å². The molecule has 5 nitrogen and oxygen atoms in total. The van der Waals surface area contributed by atoms with Crippen molar-refractivity contribution in [1.29, 1.82) is 0 Å². The fourth-order valence-electron chi connectivity index (χ4n) is 3.30. The van der Waals surface area contributed by atoms with Crippen molar-refractivity contribution >= 4 is 22.8 Å². The molecule has 1 aromatic carbocycles. The zero-order valence-corrected chi connectivity index (χ0v) is 12.8. The topological polar surface area (TPSA) is 90.4 Å². The Morgan fingerprint density at radius 1 is 1.14 bits per heavy atom. The van der Waals surface area contributed by atoms with Gasteiger partial charge in [-0.25, -0.2) is 0 Å². The van der Waals surface area contributed by atoms with Crippen molar-refractivity contribution in [1.82, 2.24) is 4.98 Å². The Labute approximate surface area is 129 Å². The van der Waals surface area contributed by atoms with Gasteiger partial charge < -0.3 is 15.2 Å². The van der Waals surface area contributed by atoms with Gasteiger partial charge >= 0.3 is 11.9 Å². The molecule has 0 aliphatic rings. The number of carboxylic acids is 2. The van der Waals surface area contributed by atoms with Gasteiger partial charge in [-0.15, -0.1) is 0 Å². The standard InChI is InChI=1S/C17H21NO4/c1-3-17(4-2,14(15(19)20)16(21)22)9-11-10-18-13-8-6-5-7-12(11)13/h5-8,10,14,18H,3-4,9H2,1-2H3,(H,19,20)(H,21,22). The van der Waals surface area contributed by atoms with Crippen LogP contribution in [-0.2, 0) is 16.0 Å². The summed E-state index contributed by atoms with van der Waals surface area (Å²) in [5, 5.41) is 19.8. The number of nitrogens with one attached hydrogen (secondary N) is 1. The molecule has 3 N–H and O–H groups in total. The maximum absolute atomic E-state index is 11.5. The van der Waals surface area contributed by atoms with Crippen molar-refractivity contribution in [2.45, 2.75) is 33.1 Å². The molecule has 2 rings (SSSR count). The van der Waals surface area contributed by atoms with E-state index in [0.29, 0.717) is 19.3 Å². The number of rotatable bonds is 7. The van der Waals surface area contributed by atoms with Crippen LogP contribution in [0.2, 0.25) is 0 Å². The normalized spacial score (nSPS) is 12.0. The van der Waals surface area contributed by atoms with E-state index in [9.17, 15) is 19.8 Å². The number of benzene rings is 1. The lowest BCUT2D eigenvalue weighted by molar-refractivity contribution is -0.162. The van der Waals surface area contributed by atoms with Gasteiger partial charge in [0, 0.05) is 17.1 Å². The number of aromatic amines is 1. The van der Waals surface area contributed by atoms with E-state index in [4.69, 9.17) is 0 Å². The smallest absolute Gasteiger partial charge is 0.318 e. The van der Waals surface area contributed by atoms with E-state index >= 15 is 0 Å². The minimum atomic E-state index is -1.41. The Bertz CT molecular complexity index is 671. The van der Waals surface area contributed by atoms with Crippen LogP contribution >= 0.6 is 0 Å². The Hall–Kier alpha value is -2.30. The van der Waals surface area contributed by atoms with Gasteiger partial charge in [0.25, 0.3) is 0 Å². The second kappa shape index (κ2) is 6.22. The highest BCUT2D eigenvalue weighted by molar-refractivity contribution is 5.94.